The van der Waals surface area contributed by atoms with Crippen molar-refractivity contribution in [3.05, 3.63) is 52.3 Å². The van der Waals surface area contributed by atoms with Crippen LogP contribution in [-0.2, 0) is 0 Å². The van der Waals surface area contributed by atoms with Crippen molar-refractivity contribution in [2.75, 3.05) is 11.1 Å². The monoisotopic (exact) mass is 294 g/mol. The van der Waals surface area contributed by atoms with E-state index < -0.39 is 0 Å². The number of nitrogens with two attached hydrogens (primary N) is 1. The lowest BCUT2D eigenvalue weighted by Gasteiger charge is -2.10. The van der Waals surface area contributed by atoms with Gasteiger partial charge >= 0.3 is 0 Å². The summed E-state index contributed by atoms with van der Waals surface area (Å²) in [6, 6.07) is 10.2. The zero-order valence-corrected chi connectivity index (χ0v) is 10.9. The lowest BCUT2D eigenvalue weighted by Crippen LogP contribution is -1.97. The Morgan fingerprint density at radius 3 is 2.59 bits per heavy atom. The molecule has 0 bridgehead atoms. The number of hydrogen-bond donors (Lipinski definition) is 2. The Morgan fingerprint density at radius 2 is 1.94 bits per heavy atom. The Labute approximate surface area is 108 Å². The van der Waals surface area contributed by atoms with Crippen molar-refractivity contribution in [1.29, 1.82) is 0 Å². The third kappa shape index (κ3) is 2.77. The van der Waals surface area contributed by atoms with E-state index in [0.717, 1.165) is 15.7 Å². The summed E-state index contributed by atoms with van der Waals surface area (Å²) < 4.78 is 13.9. The summed E-state index contributed by atoms with van der Waals surface area (Å²) in [5.41, 5.74) is 8.87. The zero-order chi connectivity index (χ0) is 12.4. The minimum absolute atomic E-state index is 0.335. The van der Waals surface area contributed by atoms with E-state index in [1.807, 2.05) is 25.1 Å². The second-order valence-electron chi connectivity index (χ2n) is 3.82. The van der Waals surface area contributed by atoms with Gasteiger partial charge in [-0.25, -0.2) is 4.39 Å². The first-order valence-electron chi connectivity index (χ1n) is 5.14. The number of nitrogen functional groups attached to an aromatic ring is 1. The minimum atomic E-state index is -0.335. The molecule has 0 aliphatic heterocycles. The first kappa shape index (κ1) is 11.9. The molecular formula is C13H12BrFN2. The van der Waals surface area contributed by atoms with Gasteiger partial charge in [-0.15, -0.1) is 0 Å². The molecule has 0 saturated heterocycles. The second kappa shape index (κ2) is 4.75. The van der Waals surface area contributed by atoms with E-state index in [1.165, 1.54) is 12.1 Å². The molecule has 2 nitrogen and oxygen atoms in total. The highest BCUT2D eigenvalue weighted by atomic mass is 79.9. The van der Waals surface area contributed by atoms with Gasteiger partial charge in [0.25, 0.3) is 0 Å². The Balaban J connectivity index is 2.28. The van der Waals surface area contributed by atoms with Crippen LogP contribution in [0.5, 0.6) is 0 Å². The van der Waals surface area contributed by atoms with Gasteiger partial charge in [0, 0.05) is 10.2 Å². The van der Waals surface area contributed by atoms with E-state index in [2.05, 4.69) is 21.2 Å². The van der Waals surface area contributed by atoms with Crippen molar-refractivity contribution in [3.8, 4) is 0 Å². The Bertz CT molecular complexity index is 555. The van der Waals surface area contributed by atoms with Gasteiger partial charge in [-0.3, -0.25) is 0 Å². The van der Waals surface area contributed by atoms with Gasteiger partial charge in [0.05, 0.1) is 11.4 Å². The third-order valence-electron chi connectivity index (χ3n) is 2.46. The van der Waals surface area contributed by atoms with Crippen LogP contribution in [0.3, 0.4) is 0 Å². The van der Waals surface area contributed by atoms with Crippen LogP contribution in [0.25, 0.3) is 0 Å². The molecule has 0 unspecified atom stereocenters. The second-order valence-corrected chi connectivity index (χ2v) is 4.67. The van der Waals surface area contributed by atoms with Crippen molar-refractivity contribution in [1.82, 2.24) is 0 Å². The zero-order valence-electron chi connectivity index (χ0n) is 9.30. The highest BCUT2D eigenvalue weighted by Gasteiger charge is 2.02. The number of hydrogen-bond acceptors (Lipinski definition) is 2. The maximum Gasteiger partial charge on any atom is 0.125 e. The molecule has 2 rings (SSSR count). The summed E-state index contributed by atoms with van der Waals surface area (Å²) in [7, 11) is 0. The highest BCUT2D eigenvalue weighted by molar-refractivity contribution is 9.10. The Kier molecular flexibility index (Phi) is 3.33. The molecule has 0 amide bonds. The van der Waals surface area contributed by atoms with Gasteiger partial charge in [-0.2, -0.15) is 0 Å². The summed E-state index contributed by atoms with van der Waals surface area (Å²) in [5.74, 6) is -0.335. The fourth-order valence-corrected chi connectivity index (χ4v) is 1.85. The number of nitrogens with one attached hydrogen (secondary N) is 1. The molecule has 3 N–H and O–H groups in total. The normalized spacial score (nSPS) is 10.3. The molecule has 88 valence electrons. The predicted molar refractivity (Wildman–Crippen MR) is 73.0 cm³/mol. The van der Waals surface area contributed by atoms with Crippen LogP contribution in [0.2, 0.25) is 0 Å². The summed E-state index contributed by atoms with van der Waals surface area (Å²) >= 11 is 3.46. The fraction of sp³-hybridized carbons (Fsp3) is 0.0769. The summed E-state index contributed by atoms with van der Waals surface area (Å²) in [6.07, 6.45) is 0. The van der Waals surface area contributed by atoms with Crippen molar-refractivity contribution in [2.24, 2.45) is 0 Å². The molecular weight excluding hydrogens is 283 g/mol. The van der Waals surface area contributed by atoms with Crippen LogP contribution in [0.4, 0.5) is 21.5 Å². The molecule has 0 heterocycles. The van der Waals surface area contributed by atoms with Crippen LogP contribution in [0.15, 0.2) is 40.9 Å². The topological polar surface area (TPSA) is 38.0 Å². The lowest BCUT2D eigenvalue weighted by molar-refractivity contribution is 0.628. The third-order valence-corrected chi connectivity index (χ3v) is 3.32. The molecule has 2 aromatic carbocycles. The van der Waals surface area contributed by atoms with Gasteiger partial charge in [0.1, 0.15) is 5.82 Å². The molecule has 0 radical (unpaired) electrons. The van der Waals surface area contributed by atoms with E-state index >= 15 is 0 Å². The quantitative estimate of drug-likeness (QED) is 0.814. The van der Waals surface area contributed by atoms with Gasteiger partial charge in [-0.05, 0) is 42.8 Å². The maximum atomic E-state index is 12.9. The van der Waals surface area contributed by atoms with Crippen molar-refractivity contribution in [3.63, 3.8) is 0 Å². The van der Waals surface area contributed by atoms with Crippen LogP contribution < -0.4 is 11.1 Å². The molecule has 0 aliphatic rings. The van der Waals surface area contributed by atoms with Gasteiger partial charge in [-0.1, -0.05) is 22.0 Å². The first-order chi connectivity index (χ1) is 8.06. The van der Waals surface area contributed by atoms with E-state index in [4.69, 9.17) is 5.73 Å². The van der Waals surface area contributed by atoms with E-state index in [0.29, 0.717) is 11.4 Å². The molecule has 17 heavy (non-hydrogen) atoms. The van der Waals surface area contributed by atoms with Gasteiger partial charge in [0.15, 0.2) is 0 Å². The average Bonchev–Trinajstić information content (AvgIpc) is 2.27. The molecule has 0 aromatic heterocycles. The smallest absolute Gasteiger partial charge is 0.125 e. The summed E-state index contributed by atoms with van der Waals surface area (Å²) in [5, 5.41) is 3.15. The standard InChI is InChI=1S/C13H12BrFN2/c1-8-2-4-10(7-11(8)14)17-13-5-3-9(15)6-12(13)16/h2-7,17H,16H2,1H3. The molecule has 0 aliphatic carbocycles. The molecule has 0 spiro atoms. The number of benzene rings is 2. The van der Waals surface area contributed by atoms with Crippen molar-refractivity contribution < 1.29 is 4.39 Å². The van der Waals surface area contributed by atoms with Crippen LogP contribution in [0, 0.1) is 12.7 Å². The molecule has 0 saturated carbocycles. The molecule has 2 aromatic rings. The predicted octanol–water partition coefficient (Wildman–Crippen LogP) is 4.22. The maximum absolute atomic E-state index is 12.9. The number of anilines is 3. The molecule has 0 fully saturated rings. The molecule has 0 atom stereocenters. The Morgan fingerprint density at radius 1 is 1.18 bits per heavy atom. The van der Waals surface area contributed by atoms with E-state index in [9.17, 15) is 4.39 Å². The van der Waals surface area contributed by atoms with E-state index in [-0.39, 0.29) is 5.82 Å². The number of aryl methyl sites for hydroxylation is 1. The van der Waals surface area contributed by atoms with Crippen molar-refractivity contribution in [2.45, 2.75) is 6.92 Å². The van der Waals surface area contributed by atoms with Crippen LogP contribution >= 0.6 is 15.9 Å². The average molecular weight is 295 g/mol. The van der Waals surface area contributed by atoms with Gasteiger partial charge in [0.2, 0.25) is 0 Å². The van der Waals surface area contributed by atoms with Crippen molar-refractivity contribution >= 4 is 33.0 Å². The minimum Gasteiger partial charge on any atom is -0.397 e. The Hall–Kier alpha value is -1.55. The highest BCUT2D eigenvalue weighted by Crippen LogP contribution is 2.26. The summed E-state index contributed by atoms with van der Waals surface area (Å²) in [4.78, 5) is 0. The largest absolute Gasteiger partial charge is 0.397 e. The lowest BCUT2D eigenvalue weighted by atomic mass is 10.2. The van der Waals surface area contributed by atoms with Crippen LogP contribution in [-0.4, -0.2) is 0 Å². The van der Waals surface area contributed by atoms with Gasteiger partial charge < -0.3 is 11.1 Å². The number of halogens is 2. The molecule has 4 heteroatoms. The fourth-order valence-electron chi connectivity index (χ4n) is 1.47. The first-order valence-corrected chi connectivity index (χ1v) is 5.94. The SMILES string of the molecule is Cc1ccc(Nc2ccc(F)cc2N)cc1Br. The van der Waals surface area contributed by atoms with Crippen LogP contribution in [0.1, 0.15) is 5.56 Å². The number of rotatable bonds is 2. The summed E-state index contributed by atoms with van der Waals surface area (Å²) in [6.45, 7) is 2.01. The van der Waals surface area contributed by atoms with E-state index in [1.54, 1.807) is 6.07 Å².